The predicted molar refractivity (Wildman–Crippen MR) is 56.8 cm³/mol. The lowest BCUT2D eigenvalue weighted by atomic mass is 10.2. The molecule has 6 heteroatoms. The average molecular weight is 226 g/mol. The number of rotatable bonds is 3. The molecule has 0 aliphatic heterocycles. The highest BCUT2D eigenvalue weighted by Gasteiger charge is 2.24. The van der Waals surface area contributed by atoms with Crippen LogP contribution in [0.5, 0.6) is 0 Å². The molecule has 0 aliphatic carbocycles. The fourth-order valence-electron chi connectivity index (χ4n) is 1.39. The second-order valence-electron chi connectivity index (χ2n) is 3.68. The highest BCUT2D eigenvalue weighted by atomic mass is 16.5. The normalized spacial score (nSPS) is 10.6. The lowest BCUT2D eigenvalue weighted by molar-refractivity contribution is 0.0589. The van der Waals surface area contributed by atoms with E-state index in [0.29, 0.717) is 0 Å². The Morgan fingerprint density at radius 3 is 2.31 bits per heavy atom. The summed E-state index contributed by atoms with van der Waals surface area (Å²) in [6, 6.07) is -0.163. The summed E-state index contributed by atoms with van der Waals surface area (Å²) in [5.41, 5.74) is -0.739. The number of hydrogen-bond acceptors (Lipinski definition) is 4. The first-order valence-corrected chi connectivity index (χ1v) is 4.83. The zero-order valence-corrected chi connectivity index (χ0v) is 9.66. The van der Waals surface area contributed by atoms with Crippen molar-refractivity contribution in [1.82, 2.24) is 9.78 Å². The van der Waals surface area contributed by atoms with Crippen LogP contribution in [0.15, 0.2) is 4.79 Å². The van der Waals surface area contributed by atoms with Crippen LogP contribution < -0.4 is 5.56 Å². The van der Waals surface area contributed by atoms with E-state index in [2.05, 4.69) is 9.84 Å². The molecular formula is C10H14N2O4. The van der Waals surface area contributed by atoms with Crippen molar-refractivity contribution in [2.45, 2.75) is 26.8 Å². The third-order valence-corrected chi connectivity index (χ3v) is 2.17. The molecule has 1 heterocycles. The molecule has 1 aromatic rings. The summed E-state index contributed by atoms with van der Waals surface area (Å²) < 4.78 is 5.73. The monoisotopic (exact) mass is 226 g/mol. The van der Waals surface area contributed by atoms with Crippen molar-refractivity contribution < 1.29 is 14.3 Å². The Kier molecular flexibility index (Phi) is 3.31. The molecule has 1 aromatic heterocycles. The first-order chi connectivity index (χ1) is 7.40. The highest BCUT2D eigenvalue weighted by Crippen LogP contribution is 2.07. The molecule has 0 spiro atoms. The maximum atomic E-state index is 11.8. The van der Waals surface area contributed by atoms with Gasteiger partial charge in [-0.1, -0.05) is 0 Å². The number of Topliss-reactive ketones (excluding diaryl/α,β-unsaturated/α-hetero) is 1. The molecule has 0 amide bonds. The van der Waals surface area contributed by atoms with Crippen LogP contribution >= 0.6 is 0 Å². The number of H-pyrrole nitrogens is 1. The zero-order chi connectivity index (χ0) is 12.5. The van der Waals surface area contributed by atoms with E-state index < -0.39 is 17.3 Å². The van der Waals surface area contributed by atoms with Gasteiger partial charge in [0.1, 0.15) is 5.56 Å². The third-order valence-electron chi connectivity index (χ3n) is 2.17. The molecule has 6 nitrogen and oxygen atoms in total. The summed E-state index contributed by atoms with van der Waals surface area (Å²) >= 11 is 0. The van der Waals surface area contributed by atoms with E-state index in [0.717, 1.165) is 0 Å². The smallest absolute Gasteiger partial charge is 0.356 e. The number of nitrogens with zero attached hydrogens (tertiary/aromatic N) is 1. The molecular weight excluding hydrogens is 212 g/mol. The van der Waals surface area contributed by atoms with E-state index in [1.165, 1.54) is 18.7 Å². The number of methoxy groups -OCH3 is 1. The molecule has 0 unspecified atom stereocenters. The number of carbonyl (C=O) groups is 2. The van der Waals surface area contributed by atoms with Crippen molar-refractivity contribution >= 4 is 11.8 Å². The molecule has 0 radical (unpaired) electrons. The summed E-state index contributed by atoms with van der Waals surface area (Å²) in [6.45, 7) is 4.77. The van der Waals surface area contributed by atoms with Gasteiger partial charge in [-0.15, -0.1) is 0 Å². The maximum absolute atomic E-state index is 11.8. The minimum Gasteiger partial charge on any atom is -0.464 e. The van der Waals surface area contributed by atoms with E-state index in [9.17, 15) is 14.4 Å². The van der Waals surface area contributed by atoms with Crippen molar-refractivity contribution in [2.24, 2.45) is 0 Å². The van der Waals surface area contributed by atoms with Crippen molar-refractivity contribution in [3.8, 4) is 0 Å². The summed E-state index contributed by atoms with van der Waals surface area (Å²) in [6.07, 6.45) is 0. The standard InChI is InChI=1S/C10H14N2O4/c1-5(2)12-9(14)7(6(3)13)8(11-12)10(15)16-4/h5,11H,1-4H3. The summed E-state index contributed by atoms with van der Waals surface area (Å²) in [5, 5.41) is 2.59. The van der Waals surface area contributed by atoms with Gasteiger partial charge in [0.05, 0.1) is 7.11 Å². The van der Waals surface area contributed by atoms with Gasteiger partial charge < -0.3 is 4.74 Å². The summed E-state index contributed by atoms with van der Waals surface area (Å²) in [7, 11) is 1.19. The summed E-state index contributed by atoms with van der Waals surface area (Å²) in [5.74, 6) is -1.18. The quantitative estimate of drug-likeness (QED) is 0.609. The van der Waals surface area contributed by atoms with Gasteiger partial charge in [-0.3, -0.25) is 14.7 Å². The van der Waals surface area contributed by atoms with Crippen LogP contribution in [0.1, 0.15) is 47.7 Å². The van der Waals surface area contributed by atoms with Crippen molar-refractivity contribution in [1.29, 1.82) is 0 Å². The minimum absolute atomic E-state index is 0.0892. The van der Waals surface area contributed by atoms with E-state index >= 15 is 0 Å². The molecule has 0 aromatic carbocycles. The second kappa shape index (κ2) is 4.34. The van der Waals surface area contributed by atoms with Crippen LogP contribution in [0.3, 0.4) is 0 Å². The molecule has 0 fully saturated rings. The number of aromatic nitrogens is 2. The molecule has 0 bridgehead atoms. The SMILES string of the molecule is COC(=O)c1[nH]n(C(C)C)c(=O)c1C(C)=O. The first kappa shape index (κ1) is 12.2. The Hall–Kier alpha value is -1.85. The van der Waals surface area contributed by atoms with Gasteiger partial charge in [0.15, 0.2) is 11.5 Å². The van der Waals surface area contributed by atoms with Crippen LogP contribution in [-0.4, -0.2) is 28.6 Å². The van der Waals surface area contributed by atoms with E-state index in [-0.39, 0.29) is 17.3 Å². The maximum Gasteiger partial charge on any atom is 0.356 e. The van der Waals surface area contributed by atoms with Crippen LogP contribution in [0.2, 0.25) is 0 Å². The molecule has 88 valence electrons. The Balaban J connectivity index is 3.49. The Labute approximate surface area is 92.2 Å². The molecule has 0 saturated carbocycles. The van der Waals surface area contributed by atoms with E-state index in [1.807, 2.05) is 0 Å². The van der Waals surface area contributed by atoms with Gasteiger partial charge >= 0.3 is 5.97 Å². The van der Waals surface area contributed by atoms with Crippen LogP contribution in [0.4, 0.5) is 0 Å². The van der Waals surface area contributed by atoms with Gasteiger partial charge in [-0.2, -0.15) is 0 Å². The lowest BCUT2D eigenvalue weighted by Crippen LogP contribution is -2.22. The minimum atomic E-state index is -0.721. The fraction of sp³-hybridized carbons (Fsp3) is 0.500. The molecule has 1 N–H and O–H groups in total. The Bertz CT molecular complexity index is 481. The van der Waals surface area contributed by atoms with Gasteiger partial charge in [0.25, 0.3) is 5.56 Å². The number of carbonyl (C=O) groups excluding carboxylic acids is 2. The molecule has 1 rings (SSSR count). The average Bonchev–Trinajstić information content (AvgIpc) is 2.54. The number of aromatic amines is 1. The van der Waals surface area contributed by atoms with E-state index in [4.69, 9.17) is 0 Å². The number of ketones is 1. The van der Waals surface area contributed by atoms with Crippen molar-refractivity contribution in [2.75, 3.05) is 7.11 Å². The topological polar surface area (TPSA) is 81.2 Å². The number of ether oxygens (including phenoxy) is 1. The number of esters is 1. The zero-order valence-electron chi connectivity index (χ0n) is 9.66. The van der Waals surface area contributed by atoms with Crippen LogP contribution in [0.25, 0.3) is 0 Å². The van der Waals surface area contributed by atoms with Crippen molar-refractivity contribution in [3.05, 3.63) is 21.6 Å². The molecule has 0 atom stereocenters. The van der Waals surface area contributed by atoms with Crippen LogP contribution in [-0.2, 0) is 4.74 Å². The lowest BCUT2D eigenvalue weighted by Gasteiger charge is -2.03. The van der Waals surface area contributed by atoms with Crippen molar-refractivity contribution in [3.63, 3.8) is 0 Å². The molecule has 16 heavy (non-hydrogen) atoms. The first-order valence-electron chi connectivity index (χ1n) is 4.83. The molecule has 0 aliphatic rings. The number of nitrogens with one attached hydrogen (secondary N) is 1. The van der Waals surface area contributed by atoms with Gasteiger partial charge in [-0.25, -0.2) is 9.48 Å². The second-order valence-corrected chi connectivity index (χ2v) is 3.68. The highest BCUT2D eigenvalue weighted by molar-refractivity contribution is 6.03. The fourth-order valence-corrected chi connectivity index (χ4v) is 1.39. The molecule has 0 saturated heterocycles. The third kappa shape index (κ3) is 1.91. The van der Waals surface area contributed by atoms with Crippen LogP contribution in [0, 0.1) is 0 Å². The van der Waals surface area contributed by atoms with Gasteiger partial charge in [-0.05, 0) is 20.8 Å². The Morgan fingerprint density at radius 2 is 1.94 bits per heavy atom. The van der Waals surface area contributed by atoms with Gasteiger partial charge in [0, 0.05) is 6.04 Å². The van der Waals surface area contributed by atoms with Gasteiger partial charge in [0.2, 0.25) is 0 Å². The largest absolute Gasteiger partial charge is 0.464 e. The predicted octanol–water partition coefficient (Wildman–Crippen LogP) is 0.747. The van der Waals surface area contributed by atoms with E-state index in [1.54, 1.807) is 13.8 Å². The number of hydrogen-bond donors (Lipinski definition) is 1. The Morgan fingerprint density at radius 1 is 1.38 bits per heavy atom. The summed E-state index contributed by atoms with van der Waals surface area (Å²) in [4.78, 5) is 34.5.